The van der Waals surface area contributed by atoms with Gasteiger partial charge in [-0.1, -0.05) is 0 Å². The van der Waals surface area contributed by atoms with E-state index in [9.17, 15) is 13.2 Å². The highest BCUT2D eigenvalue weighted by Gasteiger charge is 2.28. The van der Waals surface area contributed by atoms with Crippen molar-refractivity contribution in [1.29, 1.82) is 0 Å². The highest BCUT2D eigenvalue weighted by Crippen LogP contribution is 2.18. The molecule has 1 aliphatic rings. The van der Waals surface area contributed by atoms with Crippen molar-refractivity contribution >= 4 is 16.0 Å². The quantitative estimate of drug-likeness (QED) is 0.834. The number of esters is 1. The lowest BCUT2D eigenvalue weighted by Crippen LogP contribution is -2.51. The predicted molar refractivity (Wildman–Crippen MR) is 78.6 cm³/mol. The molecule has 1 unspecified atom stereocenters. The van der Waals surface area contributed by atoms with Gasteiger partial charge in [-0.05, 0) is 38.1 Å². The molecule has 6 nitrogen and oxygen atoms in total. The van der Waals surface area contributed by atoms with Crippen molar-refractivity contribution in [2.45, 2.75) is 24.8 Å². The number of carbonyl (C=O) groups excluding carboxylic acids is 1. The van der Waals surface area contributed by atoms with Gasteiger partial charge in [-0.3, -0.25) is 0 Å². The third-order valence-electron chi connectivity index (χ3n) is 3.33. The zero-order chi connectivity index (χ0) is 15.5. The Kier molecular flexibility index (Phi) is 4.97. The van der Waals surface area contributed by atoms with Crippen LogP contribution in [0.5, 0.6) is 0 Å². The zero-order valence-corrected chi connectivity index (χ0v) is 13.0. The molecule has 1 saturated heterocycles. The van der Waals surface area contributed by atoms with E-state index in [0.29, 0.717) is 25.2 Å². The molecule has 1 N–H and O–H groups in total. The van der Waals surface area contributed by atoms with Crippen molar-refractivity contribution in [2.75, 3.05) is 26.2 Å². The molecule has 1 fully saturated rings. The van der Waals surface area contributed by atoms with Crippen molar-refractivity contribution in [1.82, 2.24) is 9.62 Å². The number of nitrogens with one attached hydrogen (secondary N) is 1. The fourth-order valence-corrected chi connectivity index (χ4v) is 3.77. The predicted octanol–water partition coefficient (Wildman–Crippen LogP) is 0.846. The number of hydrogen-bond acceptors (Lipinski definition) is 5. The average molecular weight is 312 g/mol. The first kappa shape index (κ1) is 15.9. The molecule has 1 atom stereocenters. The van der Waals surface area contributed by atoms with Gasteiger partial charge >= 0.3 is 5.97 Å². The number of carbonyl (C=O) groups is 1. The van der Waals surface area contributed by atoms with Crippen molar-refractivity contribution in [3.05, 3.63) is 29.8 Å². The fraction of sp³-hybridized carbons (Fsp3) is 0.500. The van der Waals surface area contributed by atoms with E-state index in [1.165, 1.54) is 28.6 Å². The van der Waals surface area contributed by atoms with Gasteiger partial charge < -0.3 is 10.1 Å². The molecule has 0 spiro atoms. The largest absolute Gasteiger partial charge is 0.462 e. The minimum atomic E-state index is -3.51. The van der Waals surface area contributed by atoms with E-state index in [0.717, 1.165) is 0 Å². The molecule has 116 valence electrons. The average Bonchev–Trinajstić information content (AvgIpc) is 2.47. The third-order valence-corrected chi connectivity index (χ3v) is 5.21. The number of sulfonamides is 1. The van der Waals surface area contributed by atoms with Gasteiger partial charge in [0.1, 0.15) is 0 Å². The molecule has 0 aromatic heterocycles. The summed E-state index contributed by atoms with van der Waals surface area (Å²) in [6, 6.07) is 6.00. The molecule has 1 aliphatic heterocycles. The van der Waals surface area contributed by atoms with E-state index in [4.69, 9.17) is 4.74 Å². The lowest BCUT2D eigenvalue weighted by atomic mass is 10.2. The Morgan fingerprint density at radius 1 is 1.38 bits per heavy atom. The van der Waals surface area contributed by atoms with E-state index in [-0.39, 0.29) is 17.5 Å². The summed E-state index contributed by atoms with van der Waals surface area (Å²) in [5.41, 5.74) is 0.351. The van der Waals surface area contributed by atoms with Crippen LogP contribution in [0.2, 0.25) is 0 Å². The lowest BCUT2D eigenvalue weighted by molar-refractivity contribution is 0.0526. The number of hydrogen-bond donors (Lipinski definition) is 1. The molecular formula is C14H20N2O4S. The molecular weight excluding hydrogens is 292 g/mol. The van der Waals surface area contributed by atoms with Crippen molar-refractivity contribution < 1.29 is 17.9 Å². The monoisotopic (exact) mass is 312 g/mol. The first-order valence-corrected chi connectivity index (χ1v) is 8.40. The molecule has 0 aliphatic carbocycles. The van der Waals surface area contributed by atoms with Crippen LogP contribution in [-0.4, -0.2) is 51.0 Å². The topological polar surface area (TPSA) is 75.7 Å². The van der Waals surface area contributed by atoms with Crippen LogP contribution in [0, 0.1) is 0 Å². The highest BCUT2D eigenvalue weighted by atomic mass is 32.2. The van der Waals surface area contributed by atoms with Crippen LogP contribution in [0.15, 0.2) is 29.2 Å². The fourth-order valence-electron chi connectivity index (χ4n) is 2.24. The molecule has 1 heterocycles. The van der Waals surface area contributed by atoms with Crippen LogP contribution >= 0.6 is 0 Å². The molecule has 1 aromatic carbocycles. The first-order chi connectivity index (χ1) is 9.95. The number of nitrogens with zero attached hydrogens (tertiary/aromatic N) is 1. The van der Waals surface area contributed by atoms with Crippen LogP contribution < -0.4 is 5.32 Å². The third kappa shape index (κ3) is 3.61. The minimum Gasteiger partial charge on any atom is -0.462 e. The summed E-state index contributed by atoms with van der Waals surface area (Å²) < 4.78 is 31.4. The Balaban J connectivity index is 2.19. The molecule has 0 radical (unpaired) electrons. The summed E-state index contributed by atoms with van der Waals surface area (Å²) >= 11 is 0. The van der Waals surface area contributed by atoms with Crippen LogP contribution in [0.25, 0.3) is 0 Å². The Bertz CT molecular complexity index is 598. The Labute approximate surface area is 125 Å². The zero-order valence-electron chi connectivity index (χ0n) is 12.2. The van der Waals surface area contributed by atoms with E-state index in [2.05, 4.69) is 5.32 Å². The Morgan fingerprint density at radius 3 is 2.62 bits per heavy atom. The second-order valence-corrected chi connectivity index (χ2v) is 6.90. The smallest absolute Gasteiger partial charge is 0.338 e. The van der Waals surface area contributed by atoms with Gasteiger partial charge in [-0.25, -0.2) is 13.2 Å². The first-order valence-electron chi connectivity index (χ1n) is 6.96. The van der Waals surface area contributed by atoms with E-state index >= 15 is 0 Å². The Hall–Kier alpha value is -1.44. The van der Waals surface area contributed by atoms with Crippen molar-refractivity contribution in [3.63, 3.8) is 0 Å². The van der Waals surface area contributed by atoms with Gasteiger partial charge in [0, 0.05) is 25.7 Å². The summed E-state index contributed by atoms with van der Waals surface area (Å²) in [6.07, 6.45) is 0. The van der Waals surface area contributed by atoms with Crippen LogP contribution in [0.1, 0.15) is 24.2 Å². The Morgan fingerprint density at radius 2 is 2.05 bits per heavy atom. The summed E-state index contributed by atoms with van der Waals surface area (Å²) in [4.78, 5) is 11.8. The molecule has 0 bridgehead atoms. The molecule has 21 heavy (non-hydrogen) atoms. The van der Waals surface area contributed by atoms with E-state index < -0.39 is 16.0 Å². The normalized spacial score (nSPS) is 20.2. The van der Waals surface area contributed by atoms with Gasteiger partial charge in [0.25, 0.3) is 0 Å². The van der Waals surface area contributed by atoms with Crippen LogP contribution in [-0.2, 0) is 14.8 Å². The molecule has 7 heteroatoms. The maximum Gasteiger partial charge on any atom is 0.338 e. The second-order valence-electron chi connectivity index (χ2n) is 4.96. The summed E-state index contributed by atoms with van der Waals surface area (Å²) in [6.45, 7) is 5.50. The van der Waals surface area contributed by atoms with Crippen LogP contribution in [0.4, 0.5) is 0 Å². The number of benzene rings is 1. The molecule has 2 rings (SSSR count). The maximum atomic E-state index is 12.5. The SMILES string of the molecule is CCOC(=O)c1ccc(S(=O)(=O)N2CCNC(C)C2)cc1. The number of piperazine rings is 1. The van der Waals surface area contributed by atoms with Gasteiger partial charge in [-0.15, -0.1) is 0 Å². The number of ether oxygens (including phenoxy) is 1. The summed E-state index contributed by atoms with van der Waals surface area (Å²) in [5, 5.41) is 3.21. The lowest BCUT2D eigenvalue weighted by Gasteiger charge is -2.31. The molecule has 1 aromatic rings. The van der Waals surface area contributed by atoms with Crippen molar-refractivity contribution in [2.24, 2.45) is 0 Å². The van der Waals surface area contributed by atoms with Gasteiger partial charge in [0.05, 0.1) is 17.1 Å². The van der Waals surface area contributed by atoms with E-state index in [1.54, 1.807) is 6.92 Å². The maximum absolute atomic E-state index is 12.5. The molecule has 0 saturated carbocycles. The number of rotatable bonds is 4. The van der Waals surface area contributed by atoms with Gasteiger partial charge in [0.15, 0.2) is 0 Å². The molecule has 0 amide bonds. The van der Waals surface area contributed by atoms with Crippen molar-refractivity contribution in [3.8, 4) is 0 Å². The van der Waals surface area contributed by atoms with Gasteiger partial charge in [-0.2, -0.15) is 4.31 Å². The minimum absolute atomic E-state index is 0.132. The van der Waals surface area contributed by atoms with Gasteiger partial charge in [0.2, 0.25) is 10.0 Å². The standard InChI is InChI=1S/C14H20N2O4S/c1-3-20-14(17)12-4-6-13(7-5-12)21(18,19)16-9-8-15-11(2)10-16/h4-7,11,15H,3,8-10H2,1-2H3. The highest BCUT2D eigenvalue weighted by molar-refractivity contribution is 7.89. The second kappa shape index (κ2) is 6.55. The summed E-state index contributed by atoms with van der Waals surface area (Å²) in [5.74, 6) is -0.447. The van der Waals surface area contributed by atoms with Crippen LogP contribution in [0.3, 0.4) is 0 Å². The van der Waals surface area contributed by atoms with E-state index in [1.807, 2.05) is 6.92 Å². The summed E-state index contributed by atoms with van der Waals surface area (Å²) in [7, 11) is -3.51.